The number of allylic oxidation sites excluding steroid dienone is 2. The molecule has 40 heavy (non-hydrogen) atoms. The molecule has 1 aromatic rings. The van der Waals surface area contributed by atoms with Gasteiger partial charge in [-0.3, -0.25) is 5.43 Å². The van der Waals surface area contributed by atoms with E-state index in [0.717, 1.165) is 49.2 Å². The Labute approximate surface area is 229 Å². The lowest BCUT2D eigenvalue weighted by Gasteiger charge is -2.42. The zero-order chi connectivity index (χ0) is 28.9. The summed E-state index contributed by atoms with van der Waals surface area (Å²) in [5, 5.41) is 31.8. The third-order valence-electron chi connectivity index (χ3n) is 8.16. The van der Waals surface area contributed by atoms with Crippen molar-refractivity contribution in [2.75, 3.05) is 0 Å². The molecular weight excluding hydrogens is 531 g/mol. The molecule has 2 unspecified atom stereocenters. The number of hydrogen-bond donors (Lipinski definition) is 4. The van der Waals surface area contributed by atoms with Gasteiger partial charge < -0.3 is 9.84 Å². The molecule has 1 saturated carbocycles. The van der Waals surface area contributed by atoms with Crippen molar-refractivity contribution in [3.05, 3.63) is 52.9 Å². The van der Waals surface area contributed by atoms with E-state index in [4.69, 9.17) is 4.74 Å². The van der Waals surface area contributed by atoms with E-state index in [1.54, 1.807) is 5.01 Å². The second kappa shape index (κ2) is 10.2. The summed E-state index contributed by atoms with van der Waals surface area (Å²) in [6, 6.07) is 4.76. The van der Waals surface area contributed by atoms with Gasteiger partial charge in [0.25, 0.3) is 0 Å². The second-order valence-corrected chi connectivity index (χ2v) is 10.9. The predicted molar refractivity (Wildman–Crippen MR) is 139 cm³/mol. The Kier molecular flexibility index (Phi) is 7.17. The smallest absolute Gasteiger partial charge is 0.512 e. The van der Waals surface area contributed by atoms with Crippen molar-refractivity contribution in [1.29, 1.82) is 0 Å². The number of hydrogen-bond acceptors (Lipinski definition) is 9. The van der Waals surface area contributed by atoms with Gasteiger partial charge in [0.05, 0.1) is 10.4 Å². The fourth-order valence-electron chi connectivity index (χ4n) is 5.98. The number of quaternary nitrogens is 1. The molecule has 10 nitrogen and oxygen atoms in total. The molecule has 216 valence electrons. The van der Waals surface area contributed by atoms with Gasteiger partial charge in [0.15, 0.2) is 0 Å². The normalized spacial score (nSPS) is 25.8. The molecule has 3 heterocycles. The Bertz CT molecular complexity index is 1300. The Morgan fingerprint density at radius 2 is 1.82 bits per heavy atom. The summed E-state index contributed by atoms with van der Waals surface area (Å²) in [4.78, 5) is 19.1. The van der Waals surface area contributed by atoms with Gasteiger partial charge in [0.1, 0.15) is 17.2 Å². The van der Waals surface area contributed by atoms with Crippen molar-refractivity contribution in [1.82, 2.24) is 15.2 Å². The van der Waals surface area contributed by atoms with Gasteiger partial charge in [-0.1, -0.05) is 25.0 Å². The van der Waals surface area contributed by atoms with Gasteiger partial charge in [-0.05, 0) is 57.1 Å². The van der Waals surface area contributed by atoms with Crippen molar-refractivity contribution in [3.8, 4) is 0 Å². The Morgan fingerprint density at radius 3 is 2.45 bits per heavy atom. The summed E-state index contributed by atoms with van der Waals surface area (Å²) in [5.74, 6) is -0.137. The van der Waals surface area contributed by atoms with Crippen LogP contribution in [0.3, 0.4) is 0 Å². The van der Waals surface area contributed by atoms with Gasteiger partial charge in [-0.15, -0.1) is 13.2 Å². The molecule has 1 aliphatic carbocycles. The van der Waals surface area contributed by atoms with Crippen LogP contribution in [0.2, 0.25) is 0 Å². The molecule has 0 saturated heterocycles. The average Bonchev–Trinajstić information content (AvgIpc) is 3.55. The van der Waals surface area contributed by atoms with Crippen LogP contribution in [-0.4, -0.2) is 56.2 Å². The highest BCUT2D eigenvalue weighted by Gasteiger charge is 2.58. The van der Waals surface area contributed by atoms with Crippen molar-refractivity contribution in [3.63, 3.8) is 0 Å². The van der Waals surface area contributed by atoms with Crippen LogP contribution in [0.4, 0.5) is 18.9 Å². The zero-order valence-electron chi connectivity index (χ0n) is 22.3. The number of rotatable bonds is 7. The van der Waals surface area contributed by atoms with E-state index in [-0.39, 0.29) is 30.1 Å². The van der Waals surface area contributed by atoms with Gasteiger partial charge >= 0.3 is 12.3 Å². The topological polar surface area (TPSA) is 127 Å². The Hall–Kier alpha value is -3.42. The van der Waals surface area contributed by atoms with Gasteiger partial charge in [-0.2, -0.15) is 10.4 Å². The van der Waals surface area contributed by atoms with E-state index in [1.165, 1.54) is 12.1 Å². The average molecular weight is 565 g/mol. The number of ether oxygens (including phenoxy) is 1. The summed E-state index contributed by atoms with van der Waals surface area (Å²) >= 11 is 0. The number of alkyl halides is 3. The van der Waals surface area contributed by atoms with E-state index < -0.39 is 34.7 Å². The molecule has 0 bridgehead atoms. The van der Waals surface area contributed by atoms with E-state index in [2.05, 4.69) is 15.4 Å². The summed E-state index contributed by atoms with van der Waals surface area (Å²) in [7, 11) is 0. The van der Waals surface area contributed by atoms with E-state index in [9.17, 15) is 33.5 Å². The molecule has 1 aromatic carbocycles. The van der Waals surface area contributed by atoms with Crippen molar-refractivity contribution >= 4 is 23.2 Å². The minimum atomic E-state index is -5.30. The number of benzene rings is 1. The molecule has 4 aliphatic rings. The number of carbonyl (C=O) groups excluding carboxylic acids is 1. The lowest BCUT2D eigenvalue weighted by molar-refractivity contribution is -0.455. The number of esters is 1. The molecule has 4 N–H and O–H groups in total. The standard InChI is InChI=1S/C27H32F3N5O5/c1-16-13-17(2)34-25(31-16)32-23(33-34)14-21-22(36)15-26(40-24(21)37,19-5-3-4-6-19)12-11-18-7-9-20(10-8-18)35(38,39)27(28,29)30/h7-10,13,19,25,38-39H,3-6,11-12,14-15H2,1-2H3,(H-,32,33,36,37)/p+1. The van der Waals surface area contributed by atoms with Crippen LogP contribution >= 0.6 is 0 Å². The first-order chi connectivity index (χ1) is 18.8. The Balaban J connectivity index is 1.32. The fourth-order valence-corrected chi connectivity index (χ4v) is 5.98. The molecule has 3 aliphatic heterocycles. The first-order valence-electron chi connectivity index (χ1n) is 13.3. The number of hydroxylamine groups is 2. The summed E-state index contributed by atoms with van der Waals surface area (Å²) in [6.45, 7) is 3.80. The van der Waals surface area contributed by atoms with Crippen molar-refractivity contribution in [2.45, 2.75) is 83.4 Å². The van der Waals surface area contributed by atoms with Crippen LogP contribution in [0, 0.1) is 5.92 Å². The molecule has 1 fully saturated rings. The Morgan fingerprint density at radius 1 is 1.15 bits per heavy atom. The lowest BCUT2D eigenvalue weighted by atomic mass is 9.76. The van der Waals surface area contributed by atoms with Gasteiger partial charge in [0, 0.05) is 36.4 Å². The number of nitrogens with one attached hydrogen (secondary N) is 1. The number of nitrogens with zero attached hydrogens (tertiary/aromatic N) is 4. The number of aliphatic imine (C=N–C) groups is 2. The van der Waals surface area contributed by atoms with Crippen molar-refractivity contribution < 1.29 is 38.2 Å². The fraction of sp³-hybridized carbons (Fsp3) is 0.519. The number of amidine groups is 1. The number of aliphatic hydroxyl groups excluding tert-OH is 1. The number of carbonyl (C=O) groups is 1. The first-order valence-corrected chi connectivity index (χ1v) is 13.3. The monoisotopic (exact) mass is 564 g/mol. The van der Waals surface area contributed by atoms with Crippen LogP contribution in [-0.2, 0) is 16.0 Å². The summed E-state index contributed by atoms with van der Waals surface area (Å²) in [6.07, 6.45) is 0.664. The summed E-state index contributed by atoms with van der Waals surface area (Å²) < 4.78 is 45.0. The molecule has 2 atom stereocenters. The maximum atomic E-state index is 13.3. The largest absolute Gasteiger partial charge is 0.630 e. The molecule has 0 spiro atoms. The highest BCUT2D eigenvalue weighted by Crippen LogP contribution is 2.46. The zero-order valence-corrected chi connectivity index (χ0v) is 22.3. The highest BCUT2D eigenvalue weighted by molar-refractivity contribution is 5.99. The van der Waals surface area contributed by atoms with E-state index in [0.29, 0.717) is 24.2 Å². The third kappa shape index (κ3) is 5.20. The maximum absolute atomic E-state index is 13.3. The highest BCUT2D eigenvalue weighted by atomic mass is 19.4. The first kappa shape index (κ1) is 28.1. The molecule has 0 radical (unpaired) electrons. The number of fused-ring (bicyclic) bond motifs is 1. The van der Waals surface area contributed by atoms with Crippen LogP contribution < -0.4 is 10.2 Å². The number of cyclic esters (lactones) is 1. The number of hydrazine groups is 1. The third-order valence-corrected chi connectivity index (χ3v) is 8.16. The maximum Gasteiger partial charge on any atom is 0.630 e. The quantitative estimate of drug-likeness (QED) is 0.156. The minimum Gasteiger partial charge on any atom is -0.512 e. The van der Waals surface area contributed by atoms with E-state index in [1.807, 2.05) is 19.9 Å². The van der Waals surface area contributed by atoms with Gasteiger partial charge in [-0.25, -0.2) is 19.8 Å². The molecule has 0 amide bonds. The predicted octanol–water partition coefficient (Wildman–Crippen LogP) is 5.18. The van der Waals surface area contributed by atoms with Crippen LogP contribution in [0.15, 0.2) is 57.4 Å². The number of aliphatic hydroxyl groups is 1. The second-order valence-electron chi connectivity index (χ2n) is 10.9. The number of aryl methyl sites for hydroxylation is 1. The van der Waals surface area contributed by atoms with Crippen LogP contribution in [0.1, 0.15) is 64.4 Å². The molecule has 0 aromatic heterocycles. The SMILES string of the molecule is CC1=CC(C)=NC2N=C(CC3=C(O)CC(CCc4ccc([N+](O)(O)C(F)(F)F)cc4)(C4CCCC4)OC3=O)NN12. The van der Waals surface area contributed by atoms with Crippen LogP contribution in [0.5, 0.6) is 0 Å². The molecular formula is C27H33F3N5O5+. The van der Waals surface area contributed by atoms with Gasteiger partial charge in [0.2, 0.25) is 12.0 Å². The molecule has 5 rings (SSSR count). The summed E-state index contributed by atoms with van der Waals surface area (Å²) in [5.41, 5.74) is 3.98. The molecule has 13 heteroatoms. The van der Waals surface area contributed by atoms with Crippen LogP contribution in [0.25, 0.3) is 0 Å². The number of halogens is 3. The van der Waals surface area contributed by atoms with Crippen molar-refractivity contribution in [2.24, 2.45) is 15.9 Å². The minimum absolute atomic E-state index is 0.0323. The van der Waals surface area contributed by atoms with E-state index >= 15 is 0 Å². The lowest BCUT2D eigenvalue weighted by Crippen LogP contribution is -2.54.